The van der Waals surface area contributed by atoms with Crippen molar-refractivity contribution in [1.82, 2.24) is 4.40 Å². The summed E-state index contributed by atoms with van der Waals surface area (Å²) >= 11 is 0. The minimum Gasteiger partial charge on any atom is -0.497 e. The van der Waals surface area contributed by atoms with E-state index in [0.29, 0.717) is 0 Å². The van der Waals surface area contributed by atoms with Crippen LogP contribution in [0.3, 0.4) is 0 Å². The van der Waals surface area contributed by atoms with Gasteiger partial charge in [-0.2, -0.15) is 0 Å². The van der Waals surface area contributed by atoms with Gasteiger partial charge in [-0.15, -0.1) is 0 Å². The Balaban J connectivity index is 2.09. The molecule has 2 aromatic carbocycles. The molecule has 0 saturated carbocycles. The molecule has 4 rings (SSSR count). The molecule has 0 bridgehead atoms. The molecule has 0 amide bonds. The molecule has 0 unspecified atom stereocenters. The molecule has 102 valence electrons. The number of methoxy groups -OCH3 is 1. The zero-order valence-electron chi connectivity index (χ0n) is 11.8. The number of fused-ring (bicyclic) bond motifs is 3. The van der Waals surface area contributed by atoms with Gasteiger partial charge in [0.25, 0.3) is 0 Å². The summed E-state index contributed by atoms with van der Waals surface area (Å²) in [7, 11) is 1.69. The molecule has 0 fully saturated rings. The fourth-order valence-electron chi connectivity index (χ4n) is 2.94. The van der Waals surface area contributed by atoms with Gasteiger partial charge in [-0.05, 0) is 42.0 Å². The first-order valence-corrected chi connectivity index (χ1v) is 7.01. The van der Waals surface area contributed by atoms with E-state index >= 15 is 0 Å². The zero-order valence-corrected chi connectivity index (χ0v) is 11.8. The van der Waals surface area contributed by atoms with E-state index in [2.05, 4.69) is 65.2 Å². The lowest BCUT2D eigenvalue weighted by Crippen LogP contribution is -1.88. The molecule has 0 aliphatic carbocycles. The van der Waals surface area contributed by atoms with Crippen LogP contribution in [0.2, 0.25) is 0 Å². The van der Waals surface area contributed by atoms with Crippen LogP contribution in [0.1, 0.15) is 0 Å². The zero-order chi connectivity index (χ0) is 14.2. The largest absolute Gasteiger partial charge is 0.497 e. The van der Waals surface area contributed by atoms with E-state index in [9.17, 15) is 0 Å². The number of nitrogens with zero attached hydrogens (tertiary/aromatic N) is 1. The van der Waals surface area contributed by atoms with Crippen LogP contribution in [0.25, 0.3) is 27.5 Å². The Morgan fingerprint density at radius 3 is 2.24 bits per heavy atom. The molecule has 0 aliphatic heterocycles. The smallest absolute Gasteiger partial charge is 0.118 e. The highest BCUT2D eigenvalue weighted by Gasteiger charge is 2.12. The first kappa shape index (κ1) is 12.0. The minimum absolute atomic E-state index is 0.879. The average molecular weight is 273 g/mol. The number of pyridine rings is 1. The second-order valence-electron chi connectivity index (χ2n) is 5.08. The van der Waals surface area contributed by atoms with Crippen LogP contribution >= 0.6 is 0 Å². The molecule has 2 heteroatoms. The molecule has 4 aromatic rings. The lowest BCUT2D eigenvalue weighted by Gasteiger charge is -2.05. The summed E-state index contributed by atoms with van der Waals surface area (Å²) in [5, 5.41) is 2.55. The van der Waals surface area contributed by atoms with Crippen LogP contribution in [-0.4, -0.2) is 11.5 Å². The molecule has 2 aromatic heterocycles. The summed E-state index contributed by atoms with van der Waals surface area (Å²) in [6.45, 7) is 0. The lowest BCUT2D eigenvalue weighted by atomic mass is 10.1. The Labute approximate surface area is 123 Å². The summed E-state index contributed by atoms with van der Waals surface area (Å²) in [6.07, 6.45) is 2.12. The van der Waals surface area contributed by atoms with Crippen molar-refractivity contribution in [3.05, 3.63) is 72.9 Å². The van der Waals surface area contributed by atoms with E-state index in [1.54, 1.807) is 7.11 Å². The van der Waals surface area contributed by atoms with E-state index in [4.69, 9.17) is 4.74 Å². The summed E-state index contributed by atoms with van der Waals surface area (Å²) in [5.74, 6) is 0.879. The molecule has 0 aliphatic rings. The molecule has 0 N–H and O–H groups in total. The van der Waals surface area contributed by atoms with Crippen molar-refractivity contribution in [1.29, 1.82) is 0 Å². The minimum atomic E-state index is 0.879. The van der Waals surface area contributed by atoms with Crippen molar-refractivity contribution >= 4 is 16.3 Å². The lowest BCUT2D eigenvalue weighted by molar-refractivity contribution is 0.415. The van der Waals surface area contributed by atoms with Gasteiger partial charge >= 0.3 is 0 Å². The summed E-state index contributed by atoms with van der Waals surface area (Å²) in [6, 6.07) is 23.1. The van der Waals surface area contributed by atoms with Crippen molar-refractivity contribution in [3.8, 4) is 17.0 Å². The Morgan fingerprint density at radius 1 is 0.762 bits per heavy atom. The van der Waals surface area contributed by atoms with Gasteiger partial charge in [0.2, 0.25) is 0 Å². The first-order chi connectivity index (χ1) is 10.4. The van der Waals surface area contributed by atoms with E-state index in [1.807, 2.05) is 12.1 Å². The van der Waals surface area contributed by atoms with Crippen LogP contribution < -0.4 is 4.74 Å². The third-order valence-electron chi connectivity index (χ3n) is 3.92. The average Bonchev–Trinajstić information content (AvgIpc) is 2.90. The van der Waals surface area contributed by atoms with E-state index in [1.165, 1.54) is 27.5 Å². The van der Waals surface area contributed by atoms with Gasteiger partial charge in [-0.1, -0.05) is 30.3 Å². The highest BCUT2D eigenvalue weighted by Crippen LogP contribution is 2.34. The van der Waals surface area contributed by atoms with Gasteiger partial charge in [0.05, 0.1) is 18.3 Å². The molecule has 2 heterocycles. The number of hydrogen-bond donors (Lipinski definition) is 0. The Hall–Kier alpha value is -2.74. The molecule has 0 atom stereocenters. The summed E-state index contributed by atoms with van der Waals surface area (Å²) in [5.41, 5.74) is 3.65. The number of benzene rings is 2. The third-order valence-corrected chi connectivity index (χ3v) is 3.92. The maximum Gasteiger partial charge on any atom is 0.118 e. The Morgan fingerprint density at radius 2 is 1.48 bits per heavy atom. The standard InChI is InChI=1S/C19H15NO/c1-21-15-11-9-14(10-12-15)19-17-7-3-2-6-16(17)18-8-4-5-13-20(18)19/h2-13H,1H3. The topological polar surface area (TPSA) is 13.6 Å². The van der Waals surface area contributed by atoms with Crippen molar-refractivity contribution in [3.63, 3.8) is 0 Å². The van der Waals surface area contributed by atoms with Gasteiger partial charge < -0.3 is 9.14 Å². The molecule has 0 saturated heterocycles. The fourth-order valence-corrected chi connectivity index (χ4v) is 2.94. The number of rotatable bonds is 2. The van der Waals surface area contributed by atoms with E-state index < -0.39 is 0 Å². The van der Waals surface area contributed by atoms with Crippen LogP contribution in [0.4, 0.5) is 0 Å². The Bertz CT molecular complexity index is 866. The predicted molar refractivity (Wildman–Crippen MR) is 86.9 cm³/mol. The molecule has 0 spiro atoms. The quantitative estimate of drug-likeness (QED) is 0.513. The maximum absolute atomic E-state index is 5.25. The van der Waals surface area contributed by atoms with Gasteiger partial charge in [0.15, 0.2) is 0 Å². The van der Waals surface area contributed by atoms with Gasteiger partial charge in [-0.25, -0.2) is 0 Å². The van der Waals surface area contributed by atoms with Crippen LogP contribution in [0, 0.1) is 0 Å². The van der Waals surface area contributed by atoms with E-state index in [0.717, 1.165) is 5.75 Å². The molecular formula is C19H15NO. The number of ether oxygens (including phenoxy) is 1. The van der Waals surface area contributed by atoms with Crippen molar-refractivity contribution < 1.29 is 4.74 Å². The molecular weight excluding hydrogens is 258 g/mol. The van der Waals surface area contributed by atoms with Crippen molar-refractivity contribution in [2.24, 2.45) is 0 Å². The predicted octanol–water partition coefficient (Wildman–Crippen LogP) is 4.77. The van der Waals surface area contributed by atoms with Gasteiger partial charge in [0, 0.05) is 17.0 Å². The normalized spacial score (nSPS) is 11.1. The summed E-state index contributed by atoms with van der Waals surface area (Å²) in [4.78, 5) is 0. The fraction of sp³-hybridized carbons (Fsp3) is 0.0526. The highest BCUT2D eigenvalue weighted by atomic mass is 16.5. The van der Waals surface area contributed by atoms with Crippen LogP contribution in [0.5, 0.6) is 5.75 Å². The van der Waals surface area contributed by atoms with Gasteiger partial charge in [-0.3, -0.25) is 0 Å². The van der Waals surface area contributed by atoms with Crippen molar-refractivity contribution in [2.45, 2.75) is 0 Å². The van der Waals surface area contributed by atoms with Crippen LogP contribution in [-0.2, 0) is 0 Å². The third kappa shape index (κ3) is 1.80. The second kappa shape index (κ2) is 4.67. The van der Waals surface area contributed by atoms with Gasteiger partial charge in [0.1, 0.15) is 5.75 Å². The molecule has 0 radical (unpaired) electrons. The van der Waals surface area contributed by atoms with Crippen LogP contribution in [0.15, 0.2) is 72.9 Å². The number of hydrogen-bond acceptors (Lipinski definition) is 1. The second-order valence-corrected chi connectivity index (χ2v) is 5.08. The van der Waals surface area contributed by atoms with Crippen molar-refractivity contribution in [2.75, 3.05) is 7.11 Å². The number of aromatic nitrogens is 1. The highest BCUT2D eigenvalue weighted by molar-refractivity contribution is 6.06. The first-order valence-electron chi connectivity index (χ1n) is 7.01. The van der Waals surface area contributed by atoms with E-state index in [-0.39, 0.29) is 0 Å². The maximum atomic E-state index is 5.25. The SMILES string of the molecule is COc1ccc(-c2c3ccccc3c3ccccn23)cc1. The molecule has 2 nitrogen and oxygen atoms in total. The molecule has 21 heavy (non-hydrogen) atoms. The Kier molecular flexibility index (Phi) is 2.68. The summed E-state index contributed by atoms with van der Waals surface area (Å²) < 4.78 is 7.51. The monoisotopic (exact) mass is 273 g/mol.